The maximum absolute atomic E-state index is 13.7. The van der Waals surface area contributed by atoms with Crippen LogP contribution in [0.2, 0.25) is 0 Å². The lowest BCUT2D eigenvalue weighted by Gasteiger charge is -2.24. The number of fused-ring (bicyclic) bond motifs is 1. The monoisotopic (exact) mass is 397 g/mol. The van der Waals surface area contributed by atoms with Gasteiger partial charge in [-0.25, -0.2) is 9.37 Å². The van der Waals surface area contributed by atoms with Crippen LogP contribution >= 0.6 is 0 Å². The van der Waals surface area contributed by atoms with Gasteiger partial charge in [0, 0.05) is 12.3 Å². The van der Waals surface area contributed by atoms with Crippen molar-refractivity contribution in [3.05, 3.63) is 59.8 Å². The van der Waals surface area contributed by atoms with Crippen LogP contribution in [-0.4, -0.2) is 36.8 Å². The number of ether oxygens (including phenoxy) is 3. The fraction of sp³-hybridized carbons (Fsp3) is 0.238. The summed E-state index contributed by atoms with van der Waals surface area (Å²) in [4.78, 5) is 17.0. The Hall–Kier alpha value is -3.55. The second kappa shape index (κ2) is 7.46. The van der Waals surface area contributed by atoms with Crippen molar-refractivity contribution in [1.29, 1.82) is 0 Å². The molecule has 0 fully saturated rings. The van der Waals surface area contributed by atoms with E-state index in [0.717, 1.165) is 5.56 Å². The summed E-state index contributed by atoms with van der Waals surface area (Å²) >= 11 is 0. The third kappa shape index (κ3) is 3.26. The number of nitrogens with one attached hydrogen (secondary N) is 1. The van der Waals surface area contributed by atoms with Crippen LogP contribution in [-0.2, 0) is 4.79 Å². The Morgan fingerprint density at radius 1 is 1.10 bits per heavy atom. The molecule has 1 aliphatic rings. The predicted octanol–water partition coefficient (Wildman–Crippen LogP) is 3.51. The van der Waals surface area contributed by atoms with Crippen molar-refractivity contribution in [3.63, 3.8) is 0 Å². The van der Waals surface area contributed by atoms with E-state index in [1.165, 1.54) is 19.2 Å². The Kier molecular flexibility index (Phi) is 4.84. The van der Waals surface area contributed by atoms with E-state index in [0.29, 0.717) is 34.4 Å². The number of hydrogen-bond donors (Lipinski definition) is 1. The van der Waals surface area contributed by atoms with Crippen molar-refractivity contribution < 1.29 is 23.4 Å². The second-order valence-corrected chi connectivity index (χ2v) is 6.59. The van der Waals surface area contributed by atoms with Crippen molar-refractivity contribution in [2.45, 2.75) is 12.3 Å². The summed E-state index contributed by atoms with van der Waals surface area (Å²) in [6.45, 7) is 0. The van der Waals surface area contributed by atoms with Gasteiger partial charge in [0.25, 0.3) is 0 Å². The zero-order valence-corrected chi connectivity index (χ0v) is 16.2. The summed E-state index contributed by atoms with van der Waals surface area (Å²) in [5.41, 5.74) is 2.06. The number of halogens is 1. The highest BCUT2D eigenvalue weighted by Gasteiger charge is 2.32. The minimum absolute atomic E-state index is 0.158. The van der Waals surface area contributed by atoms with E-state index in [1.807, 2.05) is 12.1 Å². The second-order valence-electron chi connectivity index (χ2n) is 6.59. The molecule has 1 atom stereocenters. The van der Waals surface area contributed by atoms with E-state index in [1.54, 1.807) is 37.2 Å². The van der Waals surface area contributed by atoms with Crippen molar-refractivity contribution in [2.75, 3.05) is 26.6 Å². The van der Waals surface area contributed by atoms with E-state index in [-0.39, 0.29) is 24.1 Å². The number of nitrogens with zero attached hydrogens (tertiary/aromatic N) is 2. The van der Waals surface area contributed by atoms with Crippen molar-refractivity contribution in [1.82, 2.24) is 9.55 Å². The fourth-order valence-electron chi connectivity index (χ4n) is 3.61. The molecule has 0 radical (unpaired) electrons. The maximum Gasteiger partial charge on any atom is 0.226 e. The molecule has 0 spiro atoms. The summed E-state index contributed by atoms with van der Waals surface area (Å²) in [5.74, 6) is 1.15. The number of benzene rings is 2. The molecule has 1 aliphatic heterocycles. The molecule has 3 aromatic rings. The fourth-order valence-corrected chi connectivity index (χ4v) is 3.61. The van der Waals surface area contributed by atoms with Gasteiger partial charge in [0.1, 0.15) is 18.0 Å². The highest BCUT2D eigenvalue weighted by molar-refractivity contribution is 5.94. The van der Waals surface area contributed by atoms with E-state index in [2.05, 4.69) is 10.3 Å². The lowest BCUT2D eigenvalue weighted by molar-refractivity contribution is -0.116. The predicted molar refractivity (Wildman–Crippen MR) is 105 cm³/mol. The first-order valence-electron chi connectivity index (χ1n) is 8.98. The number of imidazole rings is 1. The van der Waals surface area contributed by atoms with Gasteiger partial charge < -0.3 is 19.5 Å². The van der Waals surface area contributed by atoms with Gasteiger partial charge in [-0.1, -0.05) is 6.07 Å². The lowest BCUT2D eigenvalue weighted by atomic mass is 9.89. The Labute approximate surface area is 167 Å². The number of hydrogen-bond acceptors (Lipinski definition) is 5. The molecule has 2 aromatic carbocycles. The molecule has 7 nitrogen and oxygen atoms in total. The normalized spacial score (nSPS) is 15.4. The van der Waals surface area contributed by atoms with Crippen molar-refractivity contribution in [2.24, 2.45) is 0 Å². The molecule has 1 N–H and O–H groups in total. The number of carbonyl (C=O) groups is 1. The molecule has 0 aliphatic carbocycles. The molecule has 29 heavy (non-hydrogen) atoms. The van der Waals surface area contributed by atoms with E-state index in [4.69, 9.17) is 14.2 Å². The average molecular weight is 397 g/mol. The third-order valence-electron chi connectivity index (χ3n) is 4.95. The van der Waals surface area contributed by atoms with Gasteiger partial charge in [-0.05, 0) is 35.9 Å². The van der Waals surface area contributed by atoms with Gasteiger partial charge in [0.05, 0.1) is 32.7 Å². The molecule has 1 amide bonds. The largest absolute Gasteiger partial charge is 0.493 e. The number of rotatable bonds is 5. The summed E-state index contributed by atoms with van der Waals surface area (Å²) in [6.07, 6.45) is 1.79. The Morgan fingerprint density at radius 2 is 1.83 bits per heavy atom. The number of methoxy groups -OCH3 is 3. The van der Waals surface area contributed by atoms with Crippen molar-refractivity contribution >= 4 is 11.7 Å². The summed E-state index contributed by atoms with van der Waals surface area (Å²) < 4.78 is 31.6. The highest BCUT2D eigenvalue weighted by atomic mass is 19.1. The van der Waals surface area contributed by atoms with Crippen molar-refractivity contribution in [3.8, 4) is 22.9 Å². The number of anilines is 1. The van der Waals surface area contributed by atoms with Gasteiger partial charge in [-0.3, -0.25) is 9.36 Å². The first-order chi connectivity index (χ1) is 14.0. The lowest BCUT2D eigenvalue weighted by Crippen LogP contribution is -2.25. The highest BCUT2D eigenvalue weighted by Crippen LogP contribution is 2.44. The minimum Gasteiger partial charge on any atom is -0.493 e. The van der Waals surface area contributed by atoms with E-state index >= 15 is 0 Å². The van der Waals surface area contributed by atoms with Crippen LogP contribution in [0.15, 0.2) is 42.7 Å². The van der Waals surface area contributed by atoms with Crippen LogP contribution in [0.4, 0.5) is 10.2 Å². The zero-order valence-electron chi connectivity index (χ0n) is 16.2. The Bertz CT molecular complexity index is 1050. The summed E-state index contributed by atoms with van der Waals surface area (Å²) in [5, 5.41) is 2.86. The van der Waals surface area contributed by atoms with Crippen LogP contribution < -0.4 is 19.5 Å². The quantitative estimate of drug-likeness (QED) is 0.713. The molecule has 150 valence electrons. The van der Waals surface area contributed by atoms with Crippen LogP contribution in [0, 0.1) is 5.82 Å². The van der Waals surface area contributed by atoms with Gasteiger partial charge in [0.15, 0.2) is 11.5 Å². The van der Waals surface area contributed by atoms with E-state index in [9.17, 15) is 9.18 Å². The zero-order chi connectivity index (χ0) is 20.5. The van der Waals surface area contributed by atoms with Crippen LogP contribution in [0.3, 0.4) is 0 Å². The number of amides is 1. The van der Waals surface area contributed by atoms with Gasteiger partial charge in [-0.15, -0.1) is 0 Å². The maximum atomic E-state index is 13.7. The molecule has 1 aromatic heterocycles. The first kappa shape index (κ1) is 18.8. The van der Waals surface area contributed by atoms with Gasteiger partial charge in [-0.2, -0.15) is 0 Å². The molecule has 4 rings (SSSR count). The molecule has 0 bridgehead atoms. The average Bonchev–Trinajstić information content (AvgIpc) is 3.15. The summed E-state index contributed by atoms with van der Waals surface area (Å²) in [7, 11) is 4.62. The molecular formula is C21H20FN3O4. The molecule has 2 heterocycles. The van der Waals surface area contributed by atoms with Gasteiger partial charge in [0.2, 0.25) is 11.7 Å². The molecule has 8 heteroatoms. The molecule has 0 saturated heterocycles. The smallest absolute Gasteiger partial charge is 0.226 e. The van der Waals surface area contributed by atoms with E-state index < -0.39 is 0 Å². The third-order valence-corrected chi connectivity index (χ3v) is 4.95. The summed E-state index contributed by atoms with van der Waals surface area (Å²) in [6, 6.07) is 9.74. The van der Waals surface area contributed by atoms with Crippen LogP contribution in [0.1, 0.15) is 23.6 Å². The Morgan fingerprint density at radius 3 is 2.45 bits per heavy atom. The van der Waals surface area contributed by atoms with Crippen LogP contribution in [0.25, 0.3) is 5.69 Å². The number of carbonyl (C=O) groups excluding carboxylic acids is 1. The topological polar surface area (TPSA) is 74.6 Å². The standard InChI is InChI=1S/C21H20FN3O4/c1-27-16-7-12(8-17(28-2)20(16)29-3)15-10-18(26)24-21-19(15)23-11-25(21)14-6-4-5-13(22)9-14/h4-9,11,15H,10H2,1-3H3,(H,24,26)/t15-/m0/s1. The van der Waals surface area contributed by atoms with Crippen LogP contribution in [0.5, 0.6) is 17.2 Å². The first-order valence-corrected chi connectivity index (χ1v) is 8.98. The number of aromatic nitrogens is 2. The van der Waals surface area contributed by atoms with Gasteiger partial charge >= 0.3 is 0 Å². The molecule has 0 unspecified atom stereocenters. The SMILES string of the molecule is COc1cc([C@@H]2CC(=O)Nc3c2ncn3-c2cccc(F)c2)cc(OC)c1OC. The minimum atomic E-state index is -0.367. The Balaban J connectivity index is 1.84. The molecule has 0 saturated carbocycles. The molecular weight excluding hydrogens is 377 g/mol.